The molecule has 110 valence electrons. The van der Waals surface area contributed by atoms with E-state index in [1.807, 2.05) is 0 Å². The van der Waals surface area contributed by atoms with Crippen molar-refractivity contribution in [2.24, 2.45) is 0 Å². The number of para-hydroxylation sites is 1. The van der Waals surface area contributed by atoms with Crippen LogP contribution in [0.4, 0.5) is 10.5 Å². The number of hydrogen-bond donors (Lipinski definition) is 2. The molecule has 0 radical (unpaired) electrons. The number of carbonyl (C=O) groups is 2. The summed E-state index contributed by atoms with van der Waals surface area (Å²) >= 11 is 0. The summed E-state index contributed by atoms with van der Waals surface area (Å²) < 4.78 is 5.41. The van der Waals surface area contributed by atoms with Gasteiger partial charge in [-0.3, -0.25) is 4.90 Å². The largest absolute Gasteiger partial charge is 0.489 e. The van der Waals surface area contributed by atoms with Crippen molar-refractivity contribution in [3.8, 4) is 17.6 Å². The molecule has 0 atom stereocenters. The molecule has 6 nitrogen and oxygen atoms in total. The maximum absolute atomic E-state index is 12.2. The third-order valence-corrected chi connectivity index (χ3v) is 3.02. The Morgan fingerprint density at radius 3 is 3.00 bits per heavy atom. The number of ether oxygens (including phenoxy) is 1. The van der Waals surface area contributed by atoms with Crippen molar-refractivity contribution in [2.45, 2.75) is 13.3 Å². The lowest BCUT2D eigenvalue weighted by Gasteiger charge is -2.30. The van der Waals surface area contributed by atoms with Crippen LogP contribution in [0.1, 0.15) is 23.7 Å². The number of nitrogens with one attached hydrogen (secondary N) is 1. The maximum Gasteiger partial charge on any atom is 0.339 e. The number of anilines is 1. The second-order valence-electron chi connectivity index (χ2n) is 4.37. The van der Waals surface area contributed by atoms with Crippen molar-refractivity contribution < 1.29 is 19.4 Å². The van der Waals surface area contributed by atoms with Crippen LogP contribution in [0.2, 0.25) is 0 Å². The number of urea groups is 1. The first-order valence-electron chi connectivity index (χ1n) is 6.59. The third kappa shape index (κ3) is 3.26. The summed E-state index contributed by atoms with van der Waals surface area (Å²) in [6.45, 7) is 2.83. The molecule has 0 bridgehead atoms. The molecule has 2 N–H and O–H groups in total. The van der Waals surface area contributed by atoms with Crippen LogP contribution in [0.25, 0.3) is 0 Å². The van der Waals surface area contributed by atoms with Crippen molar-refractivity contribution in [3.05, 3.63) is 23.8 Å². The Hall–Kier alpha value is -2.68. The molecule has 0 unspecified atom stereocenters. The van der Waals surface area contributed by atoms with E-state index in [2.05, 4.69) is 17.2 Å². The Bertz CT molecular complexity index is 616. The van der Waals surface area contributed by atoms with Gasteiger partial charge in [0.2, 0.25) is 0 Å². The topological polar surface area (TPSA) is 78.9 Å². The van der Waals surface area contributed by atoms with Crippen molar-refractivity contribution in [1.82, 2.24) is 5.32 Å². The van der Waals surface area contributed by atoms with Crippen LogP contribution in [0, 0.1) is 11.8 Å². The van der Waals surface area contributed by atoms with E-state index in [1.54, 1.807) is 19.1 Å². The number of carboxylic acids is 1. The number of fused-ring (bicyclic) bond motifs is 1. The summed E-state index contributed by atoms with van der Waals surface area (Å²) in [5.41, 5.74) is 0.530. The van der Waals surface area contributed by atoms with Crippen LogP contribution in [0.15, 0.2) is 18.2 Å². The van der Waals surface area contributed by atoms with Crippen molar-refractivity contribution in [1.29, 1.82) is 0 Å². The maximum atomic E-state index is 12.2. The zero-order chi connectivity index (χ0) is 15.2. The predicted molar refractivity (Wildman–Crippen MR) is 77.7 cm³/mol. The number of benzene rings is 1. The molecule has 1 aliphatic rings. The van der Waals surface area contributed by atoms with Gasteiger partial charge in [-0.15, -0.1) is 11.8 Å². The van der Waals surface area contributed by atoms with E-state index >= 15 is 0 Å². The fraction of sp³-hybridized carbons (Fsp3) is 0.333. The zero-order valence-electron chi connectivity index (χ0n) is 11.7. The summed E-state index contributed by atoms with van der Waals surface area (Å²) in [6, 6.07) is 4.45. The van der Waals surface area contributed by atoms with E-state index in [0.29, 0.717) is 25.2 Å². The first kappa shape index (κ1) is 14.7. The summed E-state index contributed by atoms with van der Waals surface area (Å²) in [7, 11) is 0. The van der Waals surface area contributed by atoms with Crippen LogP contribution in [0.3, 0.4) is 0 Å². The lowest BCUT2D eigenvalue weighted by Crippen LogP contribution is -2.44. The molecule has 1 aliphatic heterocycles. The van der Waals surface area contributed by atoms with Gasteiger partial charge >= 0.3 is 12.0 Å². The molecule has 0 fully saturated rings. The Balaban J connectivity index is 2.17. The highest BCUT2D eigenvalue weighted by Gasteiger charge is 2.27. The number of carboxylic acid groups (broad SMARTS) is 1. The minimum Gasteiger partial charge on any atom is -0.489 e. The van der Waals surface area contributed by atoms with Crippen LogP contribution in [0.5, 0.6) is 5.75 Å². The highest BCUT2D eigenvalue weighted by Crippen LogP contribution is 2.34. The molecule has 0 spiro atoms. The number of amides is 2. The normalized spacial score (nSPS) is 12.5. The molecule has 1 aromatic carbocycles. The highest BCUT2D eigenvalue weighted by atomic mass is 16.5. The fourth-order valence-electron chi connectivity index (χ4n) is 2.08. The first-order valence-corrected chi connectivity index (χ1v) is 6.59. The number of aromatic carboxylic acids is 1. The quantitative estimate of drug-likeness (QED) is 0.655. The van der Waals surface area contributed by atoms with E-state index in [4.69, 9.17) is 9.84 Å². The fourth-order valence-corrected chi connectivity index (χ4v) is 2.08. The van der Waals surface area contributed by atoms with Gasteiger partial charge in [0, 0.05) is 13.0 Å². The Morgan fingerprint density at radius 1 is 1.48 bits per heavy atom. The van der Waals surface area contributed by atoms with E-state index in [9.17, 15) is 9.59 Å². The second kappa shape index (κ2) is 6.66. The van der Waals surface area contributed by atoms with Gasteiger partial charge in [-0.1, -0.05) is 6.07 Å². The minimum atomic E-state index is -1.08. The van der Waals surface area contributed by atoms with Crippen LogP contribution in [-0.2, 0) is 0 Å². The van der Waals surface area contributed by atoms with Gasteiger partial charge in [0.05, 0.1) is 12.2 Å². The third-order valence-electron chi connectivity index (χ3n) is 3.02. The molecule has 2 rings (SSSR count). The average Bonchev–Trinajstić information content (AvgIpc) is 2.50. The number of carbonyl (C=O) groups excluding carboxylic acids is 1. The van der Waals surface area contributed by atoms with Crippen LogP contribution >= 0.6 is 0 Å². The monoisotopic (exact) mass is 288 g/mol. The van der Waals surface area contributed by atoms with E-state index in [0.717, 1.165) is 0 Å². The molecule has 21 heavy (non-hydrogen) atoms. The molecular formula is C15H16N2O4. The first-order chi connectivity index (χ1) is 10.1. The molecule has 0 aromatic heterocycles. The number of rotatable bonds is 3. The van der Waals surface area contributed by atoms with Gasteiger partial charge in [0.15, 0.2) is 5.75 Å². The lowest BCUT2D eigenvalue weighted by atomic mass is 10.1. The lowest BCUT2D eigenvalue weighted by molar-refractivity contribution is 0.0692. The average molecular weight is 288 g/mol. The molecule has 0 saturated heterocycles. The van der Waals surface area contributed by atoms with Gasteiger partial charge in [0.1, 0.15) is 12.2 Å². The summed E-state index contributed by atoms with van der Waals surface area (Å²) in [5.74, 6) is 4.78. The van der Waals surface area contributed by atoms with Gasteiger partial charge in [-0.2, -0.15) is 0 Å². The zero-order valence-corrected chi connectivity index (χ0v) is 11.7. The summed E-state index contributed by atoms with van der Waals surface area (Å²) in [5, 5.41) is 11.9. The van der Waals surface area contributed by atoms with Crippen molar-refractivity contribution >= 4 is 17.7 Å². The molecule has 2 amide bonds. The summed E-state index contributed by atoms with van der Waals surface area (Å²) in [6.07, 6.45) is 0.578. The molecular weight excluding hydrogens is 272 g/mol. The molecule has 1 heterocycles. The molecule has 0 saturated carbocycles. The summed E-state index contributed by atoms with van der Waals surface area (Å²) in [4.78, 5) is 24.8. The molecule has 1 aromatic rings. The predicted octanol–water partition coefficient (Wildman–Crippen LogP) is 1.71. The van der Waals surface area contributed by atoms with Gasteiger partial charge < -0.3 is 15.2 Å². The highest BCUT2D eigenvalue weighted by molar-refractivity contribution is 5.99. The van der Waals surface area contributed by atoms with Crippen LogP contribution in [-0.4, -0.2) is 36.8 Å². The molecule has 6 heteroatoms. The minimum absolute atomic E-state index is 0.0573. The van der Waals surface area contributed by atoms with Gasteiger partial charge in [0.25, 0.3) is 0 Å². The Labute approximate surface area is 122 Å². The Kier molecular flexibility index (Phi) is 4.67. The van der Waals surface area contributed by atoms with Crippen molar-refractivity contribution in [3.63, 3.8) is 0 Å². The SMILES string of the molecule is CC#CCCNC(=O)N1CCOc2c(C(=O)O)cccc21. The van der Waals surface area contributed by atoms with E-state index in [-0.39, 0.29) is 24.0 Å². The van der Waals surface area contributed by atoms with Crippen molar-refractivity contribution in [2.75, 3.05) is 24.6 Å². The number of hydrogen-bond acceptors (Lipinski definition) is 3. The Morgan fingerprint density at radius 2 is 2.29 bits per heavy atom. The van der Waals surface area contributed by atoms with Gasteiger partial charge in [-0.25, -0.2) is 9.59 Å². The second-order valence-corrected chi connectivity index (χ2v) is 4.37. The van der Waals surface area contributed by atoms with Crippen LogP contribution < -0.4 is 15.0 Å². The van der Waals surface area contributed by atoms with E-state index in [1.165, 1.54) is 11.0 Å². The van der Waals surface area contributed by atoms with E-state index < -0.39 is 5.97 Å². The number of nitrogens with zero attached hydrogens (tertiary/aromatic N) is 1. The smallest absolute Gasteiger partial charge is 0.339 e. The standard InChI is InChI=1S/C15H16N2O4/c1-2-3-4-8-16-15(20)17-9-10-21-13-11(14(18)19)6-5-7-12(13)17/h5-7H,4,8-10H2,1H3,(H,16,20)(H,18,19). The van der Waals surface area contributed by atoms with Gasteiger partial charge in [-0.05, 0) is 19.1 Å². The molecule has 0 aliphatic carbocycles.